The average molecular weight is 334 g/mol. The number of nitrogens with zero attached hydrogens (tertiary/aromatic N) is 2. The molecule has 3 nitrogen and oxygen atoms in total. The number of piperazine rings is 1. The minimum Gasteiger partial charge on any atom is -0.399 e. The van der Waals surface area contributed by atoms with Gasteiger partial charge in [0.25, 0.3) is 0 Å². The van der Waals surface area contributed by atoms with E-state index in [4.69, 9.17) is 17.3 Å². The highest BCUT2D eigenvalue weighted by Gasteiger charge is 2.19. The summed E-state index contributed by atoms with van der Waals surface area (Å²) in [4.78, 5) is 4.65. The van der Waals surface area contributed by atoms with Gasteiger partial charge in [0.2, 0.25) is 0 Å². The normalized spacial score (nSPS) is 16.6. The van der Waals surface area contributed by atoms with E-state index < -0.39 is 0 Å². The van der Waals surface area contributed by atoms with Gasteiger partial charge in [-0.2, -0.15) is 0 Å². The molecule has 5 heteroatoms. The van der Waals surface area contributed by atoms with Crippen molar-refractivity contribution >= 4 is 17.3 Å². The lowest BCUT2D eigenvalue weighted by Crippen LogP contribution is -2.45. The molecule has 2 N–H and O–H groups in total. The van der Waals surface area contributed by atoms with Crippen LogP contribution in [0.25, 0.3) is 0 Å². The van der Waals surface area contributed by atoms with Gasteiger partial charge in [-0.1, -0.05) is 29.8 Å². The molecule has 122 valence electrons. The van der Waals surface area contributed by atoms with Crippen LogP contribution in [0.4, 0.5) is 10.1 Å². The Morgan fingerprint density at radius 2 is 1.61 bits per heavy atom. The fraction of sp³-hybridized carbons (Fsp3) is 0.333. The zero-order chi connectivity index (χ0) is 16.2. The zero-order valence-electron chi connectivity index (χ0n) is 13.0. The van der Waals surface area contributed by atoms with Gasteiger partial charge in [0, 0.05) is 55.5 Å². The molecule has 2 aromatic rings. The second-order valence-electron chi connectivity index (χ2n) is 6.00. The molecule has 0 spiro atoms. The smallest absolute Gasteiger partial charge is 0.129 e. The quantitative estimate of drug-likeness (QED) is 0.871. The van der Waals surface area contributed by atoms with E-state index in [2.05, 4.69) is 15.9 Å². The fourth-order valence-electron chi connectivity index (χ4n) is 2.96. The summed E-state index contributed by atoms with van der Waals surface area (Å²) in [7, 11) is 0. The highest BCUT2D eigenvalue weighted by molar-refractivity contribution is 6.31. The monoisotopic (exact) mass is 333 g/mol. The maximum Gasteiger partial charge on any atom is 0.129 e. The summed E-state index contributed by atoms with van der Waals surface area (Å²) >= 11 is 6.11. The molecule has 2 aromatic carbocycles. The van der Waals surface area contributed by atoms with Crippen molar-refractivity contribution in [2.24, 2.45) is 0 Å². The van der Waals surface area contributed by atoms with E-state index in [0.717, 1.165) is 38.4 Å². The van der Waals surface area contributed by atoms with Gasteiger partial charge in [0.1, 0.15) is 5.82 Å². The third kappa shape index (κ3) is 4.22. The maximum atomic E-state index is 13.9. The number of nitrogen functional groups attached to an aromatic ring is 1. The SMILES string of the molecule is Nc1cccc(CN2CCN(Cc3c(F)cccc3Cl)CC2)c1. The van der Waals surface area contributed by atoms with Crippen LogP contribution in [0.15, 0.2) is 42.5 Å². The minimum atomic E-state index is -0.223. The summed E-state index contributed by atoms with van der Waals surface area (Å²) in [6.45, 7) is 5.21. The van der Waals surface area contributed by atoms with Crippen molar-refractivity contribution < 1.29 is 4.39 Å². The Balaban J connectivity index is 1.54. The van der Waals surface area contributed by atoms with Gasteiger partial charge in [-0.05, 0) is 29.8 Å². The first-order valence-electron chi connectivity index (χ1n) is 7.84. The van der Waals surface area contributed by atoms with Crippen LogP contribution in [0.1, 0.15) is 11.1 Å². The van der Waals surface area contributed by atoms with Gasteiger partial charge >= 0.3 is 0 Å². The number of nitrogens with two attached hydrogens (primary N) is 1. The van der Waals surface area contributed by atoms with E-state index in [1.54, 1.807) is 12.1 Å². The van der Waals surface area contributed by atoms with Crippen LogP contribution in [0.2, 0.25) is 5.02 Å². The Labute approximate surface area is 141 Å². The van der Waals surface area contributed by atoms with Gasteiger partial charge in [0.05, 0.1) is 0 Å². The Bertz CT molecular complexity index is 649. The largest absolute Gasteiger partial charge is 0.399 e. The van der Waals surface area contributed by atoms with E-state index in [9.17, 15) is 4.39 Å². The molecule has 0 saturated carbocycles. The minimum absolute atomic E-state index is 0.223. The maximum absolute atomic E-state index is 13.9. The summed E-state index contributed by atoms with van der Waals surface area (Å²) in [5.74, 6) is -0.223. The first-order valence-corrected chi connectivity index (χ1v) is 8.21. The van der Waals surface area contributed by atoms with E-state index in [1.807, 2.05) is 18.2 Å². The highest BCUT2D eigenvalue weighted by atomic mass is 35.5. The van der Waals surface area contributed by atoms with Gasteiger partial charge < -0.3 is 5.73 Å². The molecule has 1 fully saturated rings. The number of hydrogen-bond donors (Lipinski definition) is 1. The third-order valence-corrected chi connectivity index (χ3v) is 4.62. The molecule has 0 aliphatic carbocycles. The Morgan fingerprint density at radius 3 is 2.26 bits per heavy atom. The lowest BCUT2D eigenvalue weighted by molar-refractivity contribution is 0.121. The van der Waals surface area contributed by atoms with Crippen molar-refractivity contribution in [3.05, 3.63) is 64.4 Å². The zero-order valence-corrected chi connectivity index (χ0v) is 13.8. The van der Waals surface area contributed by atoms with Crippen molar-refractivity contribution in [1.82, 2.24) is 9.80 Å². The number of anilines is 1. The molecule has 1 saturated heterocycles. The van der Waals surface area contributed by atoms with Crippen LogP contribution in [-0.2, 0) is 13.1 Å². The van der Waals surface area contributed by atoms with Crippen LogP contribution in [0.3, 0.4) is 0 Å². The third-order valence-electron chi connectivity index (χ3n) is 4.27. The molecule has 0 atom stereocenters. The van der Waals surface area contributed by atoms with E-state index >= 15 is 0 Å². The fourth-order valence-corrected chi connectivity index (χ4v) is 3.18. The average Bonchev–Trinajstić information content (AvgIpc) is 2.53. The molecule has 0 aromatic heterocycles. The summed E-state index contributed by atoms with van der Waals surface area (Å²) in [5, 5.41) is 0.507. The highest BCUT2D eigenvalue weighted by Crippen LogP contribution is 2.21. The second kappa shape index (κ2) is 7.30. The first kappa shape index (κ1) is 16.2. The van der Waals surface area contributed by atoms with E-state index in [-0.39, 0.29) is 5.82 Å². The summed E-state index contributed by atoms with van der Waals surface area (Å²) in [5.41, 5.74) is 8.45. The number of benzene rings is 2. The molecule has 1 aliphatic heterocycles. The molecular weight excluding hydrogens is 313 g/mol. The number of hydrogen-bond acceptors (Lipinski definition) is 3. The number of rotatable bonds is 4. The van der Waals surface area contributed by atoms with Gasteiger partial charge in [0.15, 0.2) is 0 Å². The Morgan fingerprint density at radius 1 is 0.957 bits per heavy atom. The molecule has 0 unspecified atom stereocenters. The van der Waals surface area contributed by atoms with Crippen molar-refractivity contribution in [3.8, 4) is 0 Å². The molecular formula is C18H21ClFN3. The second-order valence-corrected chi connectivity index (χ2v) is 6.40. The molecule has 0 bridgehead atoms. The first-order chi connectivity index (χ1) is 11.1. The van der Waals surface area contributed by atoms with Gasteiger partial charge in [-0.25, -0.2) is 4.39 Å². The van der Waals surface area contributed by atoms with Gasteiger partial charge in [-0.3, -0.25) is 9.80 Å². The van der Waals surface area contributed by atoms with E-state index in [1.165, 1.54) is 11.6 Å². The van der Waals surface area contributed by atoms with Crippen molar-refractivity contribution in [2.75, 3.05) is 31.9 Å². The molecule has 0 radical (unpaired) electrons. The lowest BCUT2D eigenvalue weighted by atomic mass is 10.1. The van der Waals surface area contributed by atoms with Gasteiger partial charge in [-0.15, -0.1) is 0 Å². The lowest BCUT2D eigenvalue weighted by Gasteiger charge is -2.35. The van der Waals surface area contributed by atoms with Crippen LogP contribution >= 0.6 is 11.6 Å². The van der Waals surface area contributed by atoms with Crippen molar-refractivity contribution in [1.29, 1.82) is 0 Å². The molecule has 3 rings (SSSR count). The summed E-state index contributed by atoms with van der Waals surface area (Å²) < 4.78 is 13.9. The molecule has 1 aliphatic rings. The predicted octanol–water partition coefficient (Wildman–Crippen LogP) is 3.38. The Kier molecular flexibility index (Phi) is 5.16. The van der Waals surface area contributed by atoms with Crippen LogP contribution in [0, 0.1) is 5.82 Å². The van der Waals surface area contributed by atoms with Crippen LogP contribution < -0.4 is 5.73 Å². The molecule has 1 heterocycles. The predicted molar refractivity (Wildman–Crippen MR) is 92.8 cm³/mol. The number of halogens is 2. The topological polar surface area (TPSA) is 32.5 Å². The molecule has 23 heavy (non-hydrogen) atoms. The summed E-state index contributed by atoms with van der Waals surface area (Å²) in [6.07, 6.45) is 0. The standard InChI is InChI=1S/C18H21ClFN3/c19-17-5-2-6-18(20)16(17)13-23-9-7-22(8-10-23)12-14-3-1-4-15(21)11-14/h1-6,11H,7-10,12-13,21H2. The van der Waals surface area contributed by atoms with Crippen LogP contribution in [0.5, 0.6) is 0 Å². The Hall–Kier alpha value is -1.62. The molecule has 0 amide bonds. The van der Waals surface area contributed by atoms with E-state index in [0.29, 0.717) is 17.1 Å². The van der Waals surface area contributed by atoms with Crippen molar-refractivity contribution in [3.63, 3.8) is 0 Å². The van der Waals surface area contributed by atoms with Crippen LogP contribution in [-0.4, -0.2) is 36.0 Å². The summed E-state index contributed by atoms with van der Waals surface area (Å²) in [6, 6.07) is 12.9. The van der Waals surface area contributed by atoms with Crippen molar-refractivity contribution in [2.45, 2.75) is 13.1 Å².